The van der Waals surface area contributed by atoms with Crippen LogP contribution in [0, 0.1) is 19.8 Å². The van der Waals surface area contributed by atoms with Crippen LogP contribution in [0.2, 0.25) is 5.02 Å². The van der Waals surface area contributed by atoms with Gasteiger partial charge in [-0.25, -0.2) is 0 Å². The minimum absolute atomic E-state index is 0.0150. The maximum atomic E-state index is 13.1. The number of hydrogen-bond acceptors (Lipinski definition) is 3. The smallest absolute Gasteiger partial charge is 0.254 e. The lowest BCUT2D eigenvalue weighted by Gasteiger charge is -2.27. The molecule has 31 heavy (non-hydrogen) atoms. The summed E-state index contributed by atoms with van der Waals surface area (Å²) in [5, 5.41) is 0.571. The molecule has 3 amide bonds. The van der Waals surface area contributed by atoms with E-state index >= 15 is 0 Å². The molecule has 3 rings (SSSR count). The van der Waals surface area contributed by atoms with E-state index in [1.165, 1.54) is 4.90 Å². The summed E-state index contributed by atoms with van der Waals surface area (Å²) in [4.78, 5) is 43.5. The second-order valence-corrected chi connectivity index (χ2v) is 8.74. The largest absolute Gasteiger partial charge is 0.329 e. The highest BCUT2D eigenvalue weighted by Gasteiger charge is 2.34. The van der Waals surface area contributed by atoms with Crippen LogP contribution in [0.1, 0.15) is 35.3 Å². The summed E-state index contributed by atoms with van der Waals surface area (Å²) < 4.78 is 0. The van der Waals surface area contributed by atoms with Crippen molar-refractivity contribution in [2.75, 3.05) is 31.2 Å². The van der Waals surface area contributed by atoms with E-state index in [1.54, 1.807) is 28.0 Å². The molecule has 1 saturated heterocycles. The minimum Gasteiger partial charge on any atom is -0.329 e. The molecule has 0 N–H and O–H groups in total. The van der Waals surface area contributed by atoms with Crippen molar-refractivity contribution >= 4 is 35.0 Å². The average molecular weight is 442 g/mol. The van der Waals surface area contributed by atoms with E-state index in [9.17, 15) is 14.4 Å². The Morgan fingerprint density at radius 1 is 1.10 bits per heavy atom. The van der Waals surface area contributed by atoms with E-state index < -0.39 is 0 Å². The van der Waals surface area contributed by atoms with Crippen LogP contribution >= 0.6 is 11.6 Å². The predicted molar refractivity (Wildman–Crippen MR) is 122 cm³/mol. The molecule has 1 aliphatic heterocycles. The number of benzene rings is 2. The number of carbonyl (C=O) groups is 3. The summed E-state index contributed by atoms with van der Waals surface area (Å²) >= 11 is 6.20. The van der Waals surface area contributed by atoms with Crippen molar-refractivity contribution in [1.29, 1.82) is 0 Å². The summed E-state index contributed by atoms with van der Waals surface area (Å²) in [6.45, 7) is 8.26. The number of anilines is 1. The van der Waals surface area contributed by atoms with Gasteiger partial charge in [0.15, 0.2) is 0 Å². The molecule has 0 saturated carbocycles. The van der Waals surface area contributed by atoms with Gasteiger partial charge in [0.2, 0.25) is 11.8 Å². The Labute approximate surface area is 188 Å². The zero-order valence-electron chi connectivity index (χ0n) is 18.4. The van der Waals surface area contributed by atoms with E-state index in [4.69, 9.17) is 11.6 Å². The number of nitrogens with zero attached hydrogens (tertiary/aromatic N) is 3. The van der Waals surface area contributed by atoms with Gasteiger partial charge in [-0.1, -0.05) is 49.7 Å². The SMILES string of the molecule is Cc1ccccc1C(=O)N(CC(=O)N1CC(=O)N(c2cccc(Cl)c2C)C1)CC(C)C. The minimum atomic E-state index is -0.252. The van der Waals surface area contributed by atoms with Gasteiger partial charge in [0.1, 0.15) is 19.8 Å². The van der Waals surface area contributed by atoms with Gasteiger partial charge >= 0.3 is 0 Å². The van der Waals surface area contributed by atoms with Gasteiger partial charge < -0.3 is 9.80 Å². The summed E-state index contributed by atoms with van der Waals surface area (Å²) in [6, 6.07) is 12.7. The van der Waals surface area contributed by atoms with Crippen LogP contribution in [0.15, 0.2) is 42.5 Å². The Kier molecular flexibility index (Phi) is 7.01. The molecular weight excluding hydrogens is 414 g/mol. The van der Waals surface area contributed by atoms with Crippen LogP contribution in [0.25, 0.3) is 0 Å². The van der Waals surface area contributed by atoms with Crippen molar-refractivity contribution in [3.8, 4) is 0 Å². The van der Waals surface area contributed by atoms with Crippen LogP contribution in [0.3, 0.4) is 0 Å². The maximum absolute atomic E-state index is 13.1. The highest BCUT2D eigenvalue weighted by atomic mass is 35.5. The molecule has 0 spiro atoms. The molecule has 1 aliphatic rings. The van der Waals surface area contributed by atoms with Crippen molar-refractivity contribution in [3.05, 3.63) is 64.2 Å². The molecular formula is C24H28ClN3O3. The van der Waals surface area contributed by atoms with Crippen molar-refractivity contribution in [1.82, 2.24) is 9.80 Å². The lowest BCUT2D eigenvalue weighted by Crippen LogP contribution is -2.44. The zero-order chi connectivity index (χ0) is 22.7. The van der Waals surface area contributed by atoms with E-state index in [2.05, 4.69) is 0 Å². The molecule has 0 bridgehead atoms. The standard InChI is InChI=1S/C24H28ClN3O3/c1-16(2)12-26(24(31)19-9-6-5-8-17(19)3)13-22(29)27-14-23(30)28(15-27)21-11-7-10-20(25)18(21)4/h5-11,16H,12-15H2,1-4H3. The third-order valence-electron chi connectivity index (χ3n) is 5.40. The monoisotopic (exact) mass is 441 g/mol. The van der Waals surface area contributed by atoms with Crippen LogP contribution in [-0.2, 0) is 9.59 Å². The molecule has 1 heterocycles. The van der Waals surface area contributed by atoms with Gasteiger partial charge in [-0.2, -0.15) is 0 Å². The van der Waals surface area contributed by atoms with Crippen molar-refractivity contribution in [3.63, 3.8) is 0 Å². The Hall–Kier alpha value is -2.86. The lowest BCUT2D eigenvalue weighted by atomic mass is 10.1. The Bertz CT molecular complexity index is 1010. The third-order valence-corrected chi connectivity index (χ3v) is 5.81. The fourth-order valence-electron chi connectivity index (χ4n) is 3.72. The van der Waals surface area contributed by atoms with Crippen molar-refractivity contribution in [2.45, 2.75) is 27.7 Å². The first-order valence-corrected chi connectivity index (χ1v) is 10.7. The normalized spacial score (nSPS) is 13.8. The molecule has 0 unspecified atom stereocenters. The Balaban J connectivity index is 1.76. The molecule has 0 radical (unpaired) electrons. The van der Waals surface area contributed by atoms with Gasteiger partial charge in [-0.05, 0) is 49.1 Å². The maximum Gasteiger partial charge on any atom is 0.254 e. The molecule has 6 nitrogen and oxygen atoms in total. The fraction of sp³-hybridized carbons (Fsp3) is 0.375. The first kappa shape index (κ1) is 22.8. The van der Waals surface area contributed by atoms with Crippen molar-refractivity contribution in [2.24, 2.45) is 5.92 Å². The number of carbonyl (C=O) groups excluding carboxylic acids is 3. The molecule has 7 heteroatoms. The quantitative estimate of drug-likeness (QED) is 0.683. The Morgan fingerprint density at radius 3 is 2.48 bits per heavy atom. The van der Waals surface area contributed by atoms with Gasteiger partial charge in [0.05, 0.1) is 0 Å². The van der Waals surface area contributed by atoms with Crippen LogP contribution in [0.4, 0.5) is 5.69 Å². The molecule has 2 aromatic rings. The Morgan fingerprint density at radius 2 is 1.81 bits per heavy atom. The van der Waals surface area contributed by atoms with Crippen molar-refractivity contribution < 1.29 is 14.4 Å². The molecule has 1 fully saturated rings. The second-order valence-electron chi connectivity index (χ2n) is 8.33. The van der Waals surface area contributed by atoms with E-state index in [0.29, 0.717) is 22.8 Å². The van der Waals surface area contributed by atoms with E-state index in [1.807, 2.05) is 52.0 Å². The molecule has 164 valence electrons. The first-order valence-electron chi connectivity index (χ1n) is 10.4. The van der Waals surface area contributed by atoms with Gasteiger partial charge in [0.25, 0.3) is 5.91 Å². The summed E-state index contributed by atoms with van der Waals surface area (Å²) in [5.74, 6) is -0.391. The average Bonchev–Trinajstić information content (AvgIpc) is 3.10. The lowest BCUT2D eigenvalue weighted by molar-refractivity contribution is -0.132. The van der Waals surface area contributed by atoms with Gasteiger partial charge in [-0.15, -0.1) is 0 Å². The van der Waals surface area contributed by atoms with Crippen LogP contribution < -0.4 is 4.90 Å². The van der Waals surface area contributed by atoms with E-state index in [0.717, 1.165) is 11.1 Å². The van der Waals surface area contributed by atoms with Crippen LogP contribution in [0.5, 0.6) is 0 Å². The predicted octanol–water partition coefficient (Wildman–Crippen LogP) is 3.89. The first-order chi connectivity index (χ1) is 14.7. The number of rotatable bonds is 6. The van der Waals surface area contributed by atoms with E-state index in [-0.39, 0.29) is 43.4 Å². The third kappa shape index (κ3) is 5.07. The zero-order valence-corrected chi connectivity index (χ0v) is 19.1. The van der Waals surface area contributed by atoms with Gasteiger partial charge in [-0.3, -0.25) is 19.3 Å². The summed E-state index contributed by atoms with van der Waals surface area (Å²) in [7, 11) is 0. The van der Waals surface area contributed by atoms with Gasteiger partial charge in [0, 0.05) is 22.8 Å². The van der Waals surface area contributed by atoms with Crippen LogP contribution in [-0.4, -0.2) is 53.8 Å². The number of halogens is 1. The number of amides is 3. The molecule has 0 aromatic heterocycles. The topological polar surface area (TPSA) is 60.9 Å². The molecule has 0 atom stereocenters. The molecule has 2 aromatic carbocycles. The second kappa shape index (κ2) is 9.52. The summed E-state index contributed by atoms with van der Waals surface area (Å²) in [6.07, 6.45) is 0. The molecule has 0 aliphatic carbocycles. The number of hydrogen-bond donors (Lipinski definition) is 0. The summed E-state index contributed by atoms with van der Waals surface area (Å²) in [5.41, 5.74) is 2.95. The number of aryl methyl sites for hydroxylation is 1. The fourth-order valence-corrected chi connectivity index (χ4v) is 3.89. The highest BCUT2D eigenvalue weighted by Crippen LogP contribution is 2.28. The highest BCUT2D eigenvalue weighted by molar-refractivity contribution is 6.31.